The number of fused-ring (bicyclic) bond motifs is 1. The van der Waals surface area contributed by atoms with Gasteiger partial charge in [0.2, 0.25) is 11.8 Å². The number of rotatable bonds is 10. The molecule has 0 saturated heterocycles. The highest BCUT2D eigenvalue weighted by Crippen LogP contribution is 2.38. The Morgan fingerprint density at radius 1 is 1.15 bits per heavy atom. The summed E-state index contributed by atoms with van der Waals surface area (Å²) in [6.45, 7) is 7.21. The summed E-state index contributed by atoms with van der Waals surface area (Å²) in [6, 6.07) is 3.23. The van der Waals surface area contributed by atoms with Crippen molar-refractivity contribution in [2.24, 2.45) is 11.8 Å². The van der Waals surface area contributed by atoms with E-state index >= 15 is 0 Å². The van der Waals surface area contributed by atoms with E-state index in [4.69, 9.17) is 23.9 Å². The quantitative estimate of drug-likeness (QED) is 0.273. The van der Waals surface area contributed by atoms with Gasteiger partial charge in [-0.3, -0.25) is 0 Å². The van der Waals surface area contributed by atoms with Gasteiger partial charge < -0.3 is 39.6 Å². The highest BCUT2D eigenvalue weighted by atomic mass is 35.5. The molecule has 3 aromatic heterocycles. The summed E-state index contributed by atoms with van der Waals surface area (Å²) in [6.07, 6.45) is 0.203. The van der Waals surface area contributed by atoms with Crippen molar-refractivity contribution in [3.05, 3.63) is 23.5 Å². The number of amides is 1. The van der Waals surface area contributed by atoms with Gasteiger partial charge in [-0.1, -0.05) is 0 Å². The zero-order valence-corrected chi connectivity index (χ0v) is 24.8. The molecular weight excluding hydrogens is 552 g/mol. The molecule has 1 amide bonds. The van der Waals surface area contributed by atoms with Crippen LogP contribution in [0.5, 0.6) is 5.88 Å². The summed E-state index contributed by atoms with van der Waals surface area (Å²) in [7, 11) is 2.91. The second kappa shape index (κ2) is 12.7. The second-order valence-electron chi connectivity index (χ2n) is 10.8. The Bertz CT molecular complexity index is 1380. The van der Waals surface area contributed by atoms with Crippen LogP contribution in [0.25, 0.3) is 22.3 Å². The smallest absolute Gasteiger partial charge is 0.409 e. The molecule has 0 bridgehead atoms. The second-order valence-corrected chi connectivity index (χ2v) is 10.8. The average molecular weight is 591 g/mol. The van der Waals surface area contributed by atoms with Gasteiger partial charge >= 0.3 is 6.09 Å². The van der Waals surface area contributed by atoms with Crippen LogP contribution in [-0.2, 0) is 4.74 Å². The first kappa shape index (κ1) is 30.6. The summed E-state index contributed by atoms with van der Waals surface area (Å²) in [5, 5.41) is 29.3. The first-order chi connectivity index (χ1) is 19.2. The van der Waals surface area contributed by atoms with Gasteiger partial charge in [-0.2, -0.15) is 4.98 Å². The van der Waals surface area contributed by atoms with Crippen molar-refractivity contribution in [3.63, 3.8) is 0 Å². The Balaban J connectivity index is 0.00000387. The van der Waals surface area contributed by atoms with Crippen molar-refractivity contribution in [1.29, 1.82) is 0 Å². The highest BCUT2D eigenvalue weighted by molar-refractivity contribution is 5.88. The number of aromatic nitrogens is 3. The molecule has 2 saturated carbocycles. The third-order valence-electron chi connectivity index (χ3n) is 7.64. The number of halogens is 1. The molecular formula is C28H39ClN6O6. The third kappa shape index (κ3) is 6.60. The molecule has 2 aliphatic rings. The zero-order chi connectivity index (χ0) is 28.6. The Kier molecular flexibility index (Phi) is 9.45. The fourth-order valence-electron chi connectivity index (χ4n) is 5.34. The number of carbonyl (C=O) groups is 1. The minimum atomic E-state index is -1.07. The summed E-state index contributed by atoms with van der Waals surface area (Å²) in [5.74, 6) is 2.32. The normalized spacial score (nSPS) is 21.8. The van der Waals surface area contributed by atoms with E-state index in [1.165, 1.54) is 24.9 Å². The van der Waals surface area contributed by atoms with Gasteiger partial charge in [0.15, 0.2) is 5.58 Å². The van der Waals surface area contributed by atoms with Crippen molar-refractivity contribution < 1.29 is 28.9 Å². The lowest BCUT2D eigenvalue weighted by atomic mass is 10.1. The number of methoxy groups -OCH3 is 1. The number of pyridine rings is 1. The van der Waals surface area contributed by atoms with Crippen molar-refractivity contribution in [1.82, 2.24) is 19.9 Å². The van der Waals surface area contributed by atoms with Crippen LogP contribution >= 0.6 is 12.4 Å². The number of nitrogens with zero attached hydrogens (tertiary/aromatic N) is 4. The van der Waals surface area contributed by atoms with Gasteiger partial charge in [-0.25, -0.2) is 14.8 Å². The van der Waals surface area contributed by atoms with Gasteiger partial charge in [0, 0.05) is 37.5 Å². The Hall–Kier alpha value is -3.35. The minimum Gasteiger partial charge on any atom is -0.478 e. The van der Waals surface area contributed by atoms with E-state index in [9.17, 15) is 15.0 Å². The molecule has 5 rings (SSSR count). The number of nitrogens with one attached hydrogen (secondary N) is 2. The number of hydrogen-bond donors (Lipinski definition) is 4. The van der Waals surface area contributed by atoms with Crippen LogP contribution in [0, 0.1) is 25.7 Å². The first-order valence-corrected chi connectivity index (χ1v) is 13.8. The molecule has 13 heteroatoms. The molecule has 3 heterocycles. The summed E-state index contributed by atoms with van der Waals surface area (Å²) >= 11 is 0. The van der Waals surface area contributed by atoms with Gasteiger partial charge in [0.25, 0.3) is 0 Å². The lowest BCUT2D eigenvalue weighted by Crippen LogP contribution is -2.38. The number of aliphatic hydroxyl groups is 2. The van der Waals surface area contributed by atoms with E-state index in [1.54, 1.807) is 7.05 Å². The van der Waals surface area contributed by atoms with Gasteiger partial charge in [0.1, 0.15) is 17.7 Å². The molecule has 4 atom stereocenters. The number of anilines is 2. The molecule has 3 aromatic rings. The fraction of sp³-hybridized carbons (Fsp3) is 0.571. The maximum absolute atomic E-state index is 11.9. The summed E-state index contributed by atoms with van der Waals surface area (Å²) in [4.78, 5) is 27.3. The molecule has 0 unspecified atom stereocenters. The molecule has 0 aromatic carbocycles. The molecule has 12 nitrogen and oxygen atoms in total. The van der Waals surface area contributed by atoms with E-state index in [-0.39, 0.29) is 24.9 Å². The number of furan rings is 1. The van der Waals surface area contributed by atoms with Crippen molar-refractivity contribution in [2.75, 3.05) is 44.5 Å². The minimum absolute atomic E-state index is 0. The zero-order valence-electron chi connectivity index (χ0n) is 24.0. The van der Waals surface area contributed by atoms with Crippen LogP contribution in [0.3, 0.4) is 0 Å². The lowest BCUT2D eigenvalue weighted by molar-refractivity contribution is 0.0111. The summed E-state index contributed by atoms with van der Waals surface area (Å²) < 4.78 is 16.7. The maximum Gasteiger partial charge on any atom is 0.409 e. The number of carbonyl (C=O) groups excluding carboxylic acids is 1. The molecule has 0 aliphatic heterocycles. The van der Waals surface area contributed by atoms with Crippen LogP contribution in [0.4, 0.5) is 16.6 Å². The van der Waals surface area contributed by atoms with Crippen molar-refractivity contribution in [3.8, 4) is 17.2 Å². The SMILES string of the molecule is CCOc1cc2cc(-c3c(C)nc(NCC4CC4)nc3N[C@@H]3C[C@H](CN(C)C(=O)OC)[C@@H](O)[C@H]3O)oc2c(C)n1.Cl. The largest absolute Gasteiger partial charge is 0.478 e. The first-order valence-electron chi connectivity index (χ1n) is 13.8. The van der Waals surface area contributed by atoms with Crippen LogP contribution in [0.15, 0.2) is 16.5 Å². The molecule has 0 spiro atoms. The molecule has 224 valence electrons. The lowest BCUT2D eigenvalue weighted by Gasteiger charge is -2.22. The number of aryl methyl sites for hydroxylation is 2. The number of aliphatic hydroxyl groups excluding tert-OH is 2. The van der Waals surface area contributed by atoms with Gasteiger partial charge in [-0.15, -0.1) is 12.4 Å². The third-order valence-corrected chi connectivity index (χ3v) is 7.64. The molecule has 2 fully saturated rings. The number of ether oxygens (including phenoxy) is 2. The highest BCUT2D eigenvalue weighted by Gasteiger charge is 2.43. The van der Waals surface area contributed by atoms with Crippen LogP contribution in [-0.4, -0.2) is 88.3 Å². The fourth-order valence-corrected chi connectivity index (χ4v) is 5.34. The van der Waals surface area contributed by atoms with Crippen LogP contribution < -0.4 is 15.4 Å². The Morgan fingerprint density at radius 3 is 2.59 bits per heavy atom. The van der Waals surface area contributed by atoms with E-state index in [0.717, 1.165) is 11.9 Å². The Morgan fingerprint density at radius 2 is 1.90 bits per heavy atom. The monoisotopic (exact) mass is 590 g/mol. The molecule has 41 heavy (non-hydrogen) atoms. The number of hydrogen-bond acceptors (Lipinski definition) is 11. The molecule has 0 radical (unpaired) electrons. The van der Waals surface area contributed by atoms with Crippen LogP contribution in [0.1, 0.15) is 37.6 Å². The van der Waals surface area contributed by atoms with E-state index in [0.29, 0.717) is 64.9 Å². The van der Waals surface area contributed by atoms with Gasteiger partial charge in [0.05, 0.1) is 42.8 Å². The van der Waals surface area contributed by atoms with Crippen LogP contribution in [0.2, 0.25) is 0 Å². The summed E-state index contributed by atoms with van der Waals surface area (Å²) in [5.41, 5.74) is 2.69. The predicted octanol–water partition coefficient (Wildman–Crippen LogP) is 3.76. The molecule has 4 N–H and O–H groups in total. The van der Waals surface area contributed by atoms with Gasteiger partial charge in [-0.05, 0) is 52.0 Å². The maximum atomic E-state index is 11.9. The predicted molar refractivity (Wildman–Crippen MR) is 157 cm³/mol. The average Bonchev–Trinajstić information content (AvgIpc) is 3.60. The Labute approximate surface area is 245 Å². The molecule has 2 aliphatic carbocycles. The van der Waals surface area contributed by atoms with Crippen molar-refractivity contribution >= 4 is 41.2 Å². The van der Waals surface area contributed by atoms with Crippen molar-refractivity contribution in [2.45, 2.75) is 58.3 Å². The van der Waals surface area contributed by atoms with E-state index in [2.05, 4.69) is 15.6 Å². The topological polar surface area (TPSA) is 155 Å². The van der Waals surface area contributed by atoms with E-state index < -0.39 is 24.3 Å². The standard InChI is InChI=1S/C28H38N6O6.ClH/c1-6-39-21-11-17-10-20(40-25(17)15(3)30-21)22-14(2)31-27(29-12-16-7-8-16)33-26(22)32-19-9-18(23(35)24(19)36)13-34(4)28(37)38-5;/h10-11,16,18-19,23-24,35-36H,6-9,12-13H2,1-5H3,(H2,29,31,32,33);1H/t18-,19-,23-,24+;/m1./s1. The van der Waals surface area contributed by atoms with E-state index in [1.807, 2.05) is 32.9 Å².